The molecule has 98 valence electrons. The van der Waals surface area contributed by atoms with E-state index in [2.05, 4.69) is 6.07 Å². The molecule has 0 N–H and O–H groups in total. The summed E-state index contributed by atoms with van der Waals surface area (Å²) in [5, 5.41) is 8.28. The number of carbonyl (C=O) groups excluding carboxylic acids is 1. The third-order valence-corrected chi connectivity index (χ3v) is 3.51. The number of nitrogens with zero attached hydrogens (tertiary/aromatic N) is 1. The van der Waals surface area contributed by atoms with Crippen LogP contribution < -0.4 is 0 Å². The van der Waals surface area contributed by atoms with Gasteiger partial charge < -0.3 is 9.47 Å². The predicted molar refractivity (Wildman–Crippen MR) is 68.8 cm³/mol. The number of rotatable bonds is 10. The second-order valence-electron chi connectivity index (χ2n) is 3.39. The van der Waals surface area contributed by atoms with Crippen molar-refractivity contribution in [3.8, 4) is 6.07 Å². The van der Waals surface area contributed by atoms with Gasteiger partial charge >= 0.3 is 5.97 Å². The highest BCUT2D eigenvalue weighted by Crippen LogP contribution is 2.17. The van der Waals surface area contributed by atoms with Crippen LogP contribution in [0.3, 0.4) is 0 Å². The fraction of sp³-hybridized carbons (Fsp3) is 0.833. The Morgan fingerprint density at radius 2 is 2.18 bits per heavy atom. The minimum Gasteiger partial charge on any atom is -0.462 e. The SMILES string of the molecule is CCOCCOC(=O)C(CC)SCCCC#N. The predicted octanol–water partition coefficient (Wildman–Crippen LogP) is 2.38. The van der Waals surface area contributed by atoms with Crippen LogP contribution in [0.4, 0.5) is 0 Å². The van der Waals surface area contributed by atoms with Gasteiger partial charge in [-0.15, -0.1) is 11.8 Å². The van der Waals surface area contributed by atoms with E-state index in [1.165, 1.54) is 0 Å². The molecule has 0 aliphatic heterocycles. The molecule has 0 bridgehead atoms. The first-order valence-electron chi connectivity index (χ1n) is 5.99. The van der Waals surface area contributed by atoms with Crippen LogP contribution in [0.1, 0.15) is 33.1 Å². The number of unbranched alkanes of at least 4 members (excludes halogenated alkanes) is 1. The van der Waals surface area contributed by atoms with Gasteiger partial charge in [0.25, 0.3) is 0 Å². The molecule has 0 saturated heterocycles. The van der Waals surface area contributed by atoms with Gasteiger partial charge in [0.05, 0.1) is 12.7 Å². The van der Waals surface area contributed by atoms with Crippen LogP contribution in [0, 0.1) is 11.3 Å². The zero-order valence-corrected chi connectivity index (χ0v) is 11.4. The first-order chi connectivity index (χ1) is 8.26. The van der Waals surface area contributed by atoms with Crippen LogP contribution in [0.15, 0.2) is 0 Å². The van der Waals surface area contributed by atoms with Crippen LogP contribution in [0.2, 0.25) is 0 Å². The smallest absolute Gasteiger partial charge is 0.319 e. The number of nitriles is 1. The van der Waals surface area contributed by atoms with E-state index in [1.54, 1.807) is 11.8 Å². The Morgan fingerprint density at radius 3 is 2.76 bits per heavy atom. The quantitative estimate of drug-likeness (QED) is 0.445. The van der Waals surface area contributed by atoms with Crippen molar-refractivity contribution in [3.05, 3.63) is 0 Å². The maximum Gasteiger partial charge on any atom is 0.319 e. The Bertz CT molecular complexity index is 240. The zero-order valence-electron chi connectivity index (χ0n) is 10.6. The second kappa shape index (κ2) is 11.7. The highest BCUT2D eigenvalue weighted by molar-refractivity contribution is 8.00. The Morgan fingerprint density at radius 1 is 1.41 bits per heavy atom. The van der Waals surface area contributed by atoms with Crippen molar-refractivity contribution in [2.45, 2.75) is 38.4 Å². The number of hydrogen-bond acceptors (Lipinski definition) is 5. The molecule has 0 fully saturated rings. The number of carbonyl (C=O) groups is 1. The van der Waals surface area contributed by atoms with Crippen LogP contribution in [0.5, 0.6) is 0 Å². The minimum atomic E-state index is -0.172. The van der Waals surface area contributed by atoms with E-state index in [9.17, 15) is 4.79 Å². The van der Waals surface area contributed by atoms with Gasteiger partial charge in [0.1, 0.15) is 11.9 Å². The van der Waals surface area contributed by atoms with E-state index in [4.69, 9.17) is 14.7 Å². The van der Waals surface area contributed by atoms with Crippen molar-refractivity contribution in [1.29, 1.82) is 5.26 Å². The highest BCUT2D eigenvalue weighted by atomic mass is 32.2. The molecule has 0 aromatic rings. The van der Waals surface area contributed by atoms with Crippen molar-refractivity contribution >= 4 is 17.7 Å². The van der Waals surface area contributed by atoms with Gasteiger partial charge in [-0.3, -0.25) is 4.79 Å². The molecule has 0 radical (unpaired) electrons. The molecule has 17 heavy (non-hydrogen) atoms. The molecule has 0 amide bonds. The summed E-state index contributed by atoms with van der Waals surface area (Å²) in [5.74, 6) is 0.654. The summed E-state index contributed by atoms with van der Waals surface area (Å²) < 4.78 is 10.2. The maximum atomic E-state index is 11.6. The van der Waals surface area contributed by atoms with Crippen molar-refractivity contribution in [2.24, 2.45) is 0 Å². The molecular formula is C12H21NO3S. The number of hydrogen-bond donors (Lipinski definition) is 0. The van der Waals surface area contributed by atoms with Crippen molar-refractivity contribution in [3.63, 3.8) is 0 Å². The van der Waals surface area contributed by atoms with Gasteiger partial charge in [-0.05, 0) is 25.5 Å². The zero-order chi connectivity index (χ0) is 12.9. The number of ether oxygens (including phenoxy) is 2. The van der Waals surface area contributed by atoms with E-state index in [0.717, 1.165) is 18.6 Å². The normalized spacial score (nSPS) is 11.8. The van der Waals surface area contributed by atoms with Gasteiger partial charge in [-0.2, -0.15) is 5.26 Å². The Labute approximate surface area is 108 Å². The fourth-order valence-electron chi connectivity index (χ4n) is 1.17. The largest absolute Gasteiger partial charge is 0.462 e. The average molecular weight is 259 g/mol. The Balaban J connectivity index is 3.68. The Hall–Kier alpha value is -0.730. The fourth-order valence-corrected chi connectivity index (χ4v) is 2.20. The monoisotopic (exact) mass is 259 g/mol. The van der Waals surface area contributed by atoms with Crippen molar-refractivity contribution in [2.75, 3.05) is 25.6 Å². The lowest BCUT2D eigenvalue weighted by Crippen LogP contribution is -2.22. The van der Waals surface area contributed by atoms with E-state index in [-0.39, 0.29) is 11.2 Å². The molecule has 0 aliphatic rings. The van der Waals surface area contributed by atoms with Crippen LogP contribution in [0.25, 0.3) is 0 Å². The molecule has 0 aliphatic carbocycles. The third-order valence-electron chi connectivity index (χ3n) is 2.06. The maximum absolute atomic E-state index is 11.6. The van der Waals surface area contributed by atoms with Crippen LogP contribution in [-0.4, -0.2) is 36.8 Å². The topological polar surface area (TPSA) is 59.3 Å². The molecule has 0 saturated carbocycles. The van der Waals surface area contributed by atoms with E-state index >= 15 is 0 Å². The molecule has 1 atom stereocenters. The third kappa shape index (κ3) is 9.02. The molecular weight excluding hydrogens is 238 g/mol. The van der Waals surface area contributed by atoms with Crippen molar-refractivity contribution in [1.82, 2.24) is 0 Å². The molecule has 0 rings (SSSR count). The lowest BCUT2D eigenvalue weighted by atomic mass is 10.3. The molecule has 0 aromatic heterocycles. The number of esters is 1. The first-order valence-corrected chi connectivity index (χ1v) is 7.04. The standard InChI is InChI=1S/C12H21NO3S/c1-3-11(17-10-6-5-7-13)12(14)16-9-8-15-4-2/h11H,3-6,8-10H2,1-2H3. The van der Waals surface area contributed by atoms with E-state index in [1.807, 2.05) is 13.8 Å². The van der Waals surface area contributed by atoms with E-state index < -0.39 is 0 Å². The van der Waals surface area contributed by atoms with Crippen molar-refractivity contribution < 1.29 is 14.3 Å². The molecule has 4 nitrogen and oxygen atoms in total. The lowest BCUT2D eigenvalue weighted by Gasteiger charge is -2.13. The van der Waals surface area contributed by atoms with Crippen LogP contribution in [-0.2, 0) is 14.3 Å². The summed E-state index contributed by atoms with van der Waals surface area (Å²) in [6, 6.07) is 2.09. The Kier molecular flexibility index (Phi) is 11.2. The summed E-state index contributed by atoms with van der Waals surface area (Å²) in [6.07, 6.45) is 2.12. The highest BCUT2D eigenvalue weighted by Gasteiger charge is 2.17. The summed E-state index contributed by atoms with van der Waals surface area (Å²) in [6.45, 7) is 5.28. The van der Waals surface area contributed by atoms with Gasteiger partial charge in [0.15, 0.2) is 0 Å². The summed E-state index contributed by atoms with van der Waals surface area (Å²) in [4.78, 5) is 11.6. The summed E-state index contributed by atoms with van der Waals surface area (Å²) in [7, 11) is 0. The molecule has 0 aromatic carbocycles. The lowest BCUT2D eigenvalue weighted by molar-refractivity contribution is -0.144. The molecule has 5 heteroatoms. The molecule has 0 spiro atoms. The second-order valence-corrected chi connectivity index (χ2v) is 4.70. The van der Waals surface area contributed by atoms with E-state index in [0.29, 0.717) is 26.2 Å². The summed E-state index contributed by atoms with van der Waals surface area (Å²) in [5.41, 5.74) is 0. The average Bonchev–Trinajstić information content (AvgIpc) is 2.34. The number of thioether (sulfide) groups is 1. The summed E-state index contributed by atoms with van der Waals surface area (Å²) >= 11 is 1.57. The van der Waals surface area contributed by atoms with Gasteiger partial charge in [-0.1, -0.05) is 6.92 Å². The minimum absolute atomic E-state index is 0.115. The molecule has 1 unspecified atom stereocenters. The van der Waals surface area contributed by atoms with Gasteiger partial charge in [-0.25, -0.2) is 0 Å². The van der Waals surface area contributed by atoms with Crippen LogP contribution >= 0.6 is 11.8 Å². The first kappa shape index (κ1) is 16.3. The van der Waals surface area contributed by atoms with Gasteiger partial charge in [0.2, 0.25) is 0 Å². The molecule has 0 heterocycles. The van der Waals surface area contributed by atoms with Gasteiger partial charge in [0, 0.05) is 13.0 Å².